The molecule has 11 heteroatoms. The number of hydrogen-bond donors (Lipinski definition) is 1. The second-order valence-corrected chi connectivity index (χ2v) is 8.81. The van der Waals surface area contributed by atoms with Gasteiger partial charge in [-0.2, -0.15) is 0 Å². The van der Waals surface area contributed by atoms with E-state index < -0.39 is 17.6 Å². The summed E-state index contributed by atoms with van der Waals surface area (Å²) in [5, 5.41) is 11.1. The SMILES string of the molecule is COc1cccc(F)c1-c1cc(C)ncc1C(=O)Nc1nnc(C(=O)N(C)c2cccc(Cl)c2)s1. The number of hydrogen-bond acceptors (Lipinski definition) is 7. The average Bonchev–Trinajstić information content (AvgIpc) is 3.31. The average molecular weight is 512 g/mol. The number of nitrogens with one attached hydrogen (secondary N) is 1. The number of ether oxygens (including phenoxy) is 1. The molecule has 0 aliphatic rings. The first-order valence-electron chi connectivity index (χ1n) is 10.3. The van der Waals surface area contributed by atoms with Crippen LogP contribution in [0.15, 0.2) is 54.7 Å². The molecule has 0 bridgehead atoms. The van der Waals surface area contributed by atoms with Gasteiger partial charge in [-0.3, -0.25) is 19.9 Å². The Labute approximate surface area is 209 Å². The molecule has 1 N–H and O–H groups in total. The van der Waals surface area contributed by atoms with Crippen molar-refractivity contribution in [1.82, 2.24) is 15.2 Å². The molecule has 2 heterocycles. The number of carbonyl (C=O) groups excluding carboxylic acids is 2. The Bertz CT molecular complexity index is 1430. The number of pyridine rings is 1. The van der Waals surface area contributed by atoms with Crippen molar-refractivity contribution in [3.63, 3.8) is 0 Å². The number of benzene rings is 2. The quantitative estimate of drug-likeness (QED) is 0.380. The van der Waals surface area contributed by atoms with Gasteiger partial charge >= 0.3 is 0 Å². The summed E-state index contributed by atoms with van der Waals surface area (Å²) in [6.07, 6.45) is 1.35. The molecule has 0 aliphatic carbocycles. The molecule has 0 atom stereocenters. The van der Waals surface area contributed by atoms with Crippen molar-refractivity contribution in [2.24, 2.45) is 0 Å². The Morgan fingerprint density at radius 1 is 1.14 bits per heavy atom. The fraction of sp³-hybridized carbons (Fsp3) is 0.125. The molecule has 8 nitrogen and oxygen atoms in total. The van der Waals surface area contributed by atoms with Crippen LogP contribution in [0.3, 0.4) is 0 Å². The van der Waals surface area contributed by atoms with Crippen LogP contribution in [0, 0.1) is 12.7 Å². The van der Waals surface area contributed by atoms with E-state index in [1.807, 2.05) is 0 Å². The van der Waals surface area contributed by atoms with Gasteiger partial charge in [0.05, 0.1) is 18.2 Å². The molecule has 4 rings (SSSR count). The Kier molecular flexibility index (Phi) is 7.04. The maximum atomic E-state index is 14.8. The molecule has 35 heavy (non-hydrogen) atoms. The summed E-state index contributed by atoms with van der Waals surface area (Å²) < 4.78 is 20.1. The lowest BCUT2D eigenvalue weighted by molar-refractivity contribution is 0.0990. The zero-order chi connectivity index (χ0) is 25.1. The lowest BCUT2D eigenvalue weighted by atomic mass is 9.98. The van der Waals surface area contributed by atoms with Gasteiger partial charge in [0.2, 0.25) is 10.1 Å². The van der Waals surface area contributed by atoms with E-state index in [1.54, 1.807) is 50.4 Å². The van der Waals surface area contributed by atoms with Gasteiger partial charge < -0.3 is 9.64 Å². The molecule has 2 aromatic heterocycles. The molecular weight excluding hydrogens is 493 g/mol. The van der Waals surface area contributed by atoms with E-state index in [2.05, 4.69) is 20.5 Å². The van der Waals surface area contributed by atoms with Gasteiger partial charge in [0.25, 0.3) is 11.8 Å². The number of aryl methyl sites for hydroxylation is 1. The number of methoxy groups -OCH3 is 1. The molecule has 178 valence electrons. The number of anilines is 2. The van der Waals surface area contributed by atoms with Gasteiger partial charge in [0, 0.05) is 35.2 Å². The lowest BCUT2D eigenvalue weighted by Gasteiger charge is -2.15. The van der Waals surface area contributed by atoms with Crippen molar-refractivity contribution in [2.75, 3.05) is 24.4 Å². The van der Waals surface area contributed by atoms with Crippen LogP contribution in [0.1, 0.15) is 25.9 Å². The highest BCUT2D eigenvalue weighted by Gasteiger charge is 2.23. The molecule has 0 aliphatic heterocycles. The molecule has 2 aromatic carbocycles. The minimum Gasteiger partial charge on any atom is -0.496 e. The van der Waals surface area contributed by atoms with Crippen LogP contribution < -0.4 is 15.0 Å². The Morgan fingerprint density at radius 2 is 1.91 bits per heavy atom. The van der Waals surface area contributed by atoms with Crippen LogP contribution in [0.5, 0.6) is 5.75 Å². The first-order valence-corrected chi connectivity index (χ1v) is 11.5. The molecule has 0 saturated carbocycles. The topological polar surface area (TPSA) is 97.3 Å². The molecule has 0 spiro atoms. The zero-order valence-electron chi connectivity index (χ0n) is 18.9. The summed E-state index contributed by atoms with van der Waals surface area (Å²) in [5.41, 5.74) is 1.73. The number of carbonyl (C=O) groups is 2. The summed E-state index contributed by atoms with van der Waals surface area (Å²) in [7, 11) is 3.01. The van der Waals surface area contributed by atoms with E-state index >= 15 is 0 Å². The zero-order valence-corrected chi connectivity index (χ0v) is 20.4. The Morgan fingerprint density at radius 3 is 2.66 bits per heavy atom. The molecule has 4 aromatic rings. The van der Waals surface area contributed by atoms with Crippen molar-refractivity contribution < 1.29 is 18.7 Å². The monoisotopic (exact) mass is 511 g/mol. The third-order valence-electron chi connectivity index (χ3n) is 5.08. The number of amides is 2. The molecule has 2 amide bonds. The van der Waals surface area contributed by atoms with Crippen molar-refractivity contribution in [1.29, 1.82) is 0 Å². The molecule has 0 saturated heterocycles. The normalized spacial score (nSPS) is 10.7. The second-order valence-electron chi connectivity index (χ2n) is 7.40. The van der Waals surface area contributed by atoms with E-state index in [0.717, 1.165) is 11.3 Å². The van der Waals surface area contributed by atoms with Gasteiger partial charge in [-0.25, -0.2) is 4.39 Å². The smallest absolute Gasteiger partial charge is 0.289 e. The summed E-state index contributed by atoms with van der Waals surface area (Å²) in [4.78, 5) is 31.5. The molecule has 0 unspecified atom stereocenters. The third kappa shape index (κ3) is 5.13. The van der Waals surface area contributed by atoms with Gasteiger partial charge in [0.15, 0.2) is 0 Å². The highest BCUT2D eigenvalue weighted by molar-refractivity contribution is 7.17. The summed E-state index contributed by atoms with van der Waals surface area (Å²) in [6, 6.07) is 12.8. The van der Waals surface area contributed by atoms with Crippen LogP contribution in [0.25, 0.3) is 11.1 Å². The summed E-state index contributed by atoms with van der Waals surface area (Å²) in [6.45, 7) is 1.73. The standard InChI is InChI=1S/C24H19ClFN5O3S/c1-13-10-16(20-18(26)8-5-9-19(20)34-3)17(12-27-13)21(32)28-24-30-29-22(35-24)23(33)31(2)15-7-4-6-14(25)11-15/h4-12H,1-3H3,(H,28,30,32). The van der Waals surface area contributed by atoms with E-state index in [9.17, 15) is 14.0 Å². The van der Waals surface area contributed by atoms with E-state index in [-0.39, 0.29) is 27.0 Å². The van der Waals surface area contributed by atoms with Gasteiger partial charge in [-0.05, 0) is 43.3 Å². The van der Waals surface area contributed by atoms with Gasteiger partial charge in [-0.15, -0.1) is 10.2 Å². The van der Waals surface area contributed by atoms with Crippen LogP contribution in [0.2, 0.25) is 5.02 Å². The molecular formula is C24H19ClFN5O3S. The summed E-state index contributed by atoms with van der Waals surface area (Å²) >= 11 is 6.92. The van der Waals surface area contributed by atoms with Gasteiger partial charge in [-0.1, -0.05) is 35.1 Å². The fourth-order valence-corrected chi connectivity index (χ4v) is 4.25. The minimum absolute atomic E-state index is 0.0702. The van der Waals surface area contributed by atoms with Crippen molar-refractivity contribution >= 4 is 45.6 Å². The van der Waals surface area contributed by atoms with Crippen molar-refractivity contribution in [3.8, 4) is 16.9 Å². The van der Waals surface area contributed by atoms with Crippen molar-refractivity contribution in [3.05, 3.63) is 81.8 Å². The van der Waals surface area contributed by atoms with Crippen LogP contribution in [-0.2, 0) is 0 Å². The van der Waals surface area contributed by atoms with Crippen molar-refractivity contribution in [2.45, 2.75) is 6.92 Å². The third-order valence-corrected chi connectivity index (χ3v) is 6.14. The number of aromatic nitrogens is 3. The van der Waals surface area contributed by atoms with Crippen LogP contribution >= 0.6 is 22.9 Å². The number of nitrogens with zero attached hydrogens (tertiary/aromatic N) is 4. The maximum Gasteiger partial charge on any atom is 0.289 e. The Hall–Kier alpha value is -3.89. The Balaban J connectivity index is 1.60. The maximum absolute atomic E-state index is 14.8. The van der Waals surface area contributed by atoms with Crippen LogP contribution in [-0.4, -0.2) is 41.2 Å². The highest BCUT2D eigenvalue weighted by atomic mass is 35.5. The molecule has 0 radical (unpaired) electrons. The summed E-state index contributed by atoms with van der Waals surface area (Å²) in [5.74, 6) is -1.27. The largest absolute Gasteiger partial charge is 0.496 e. The first-order chi connectivity index (χ1) is 16.8. The van der Waals surface area contributed by atoms with Gasteiger partial charge in [0.1, 0.15) is 11.6 Å². The highest BCUT2D eigenvalue weighted by Crippen LogP contribution is 2.35. The minimum atomic E-state index is -0.587. The number of rotatable bonds is 6. The lowest BCUT2D eigenvalue weighted by Crippen LogP contribution is -2.26. The first kappa shape index (κ1) is 24.2. The fourth-order valence-electron chi connectivity index (χ4n) is 3.35. The number of halogens is 2. The molecule has 0 fully saturated rings. The van der Waals surface area contributed by atoms with Crippen LogP contribution in [0.4, 0.5) is 15.2 Å². The van der Waals surface area contributed by atoms with E-state index in [0.29, 0.717) is 22.0 Å². The predicted molar refractivity (Wildman–Crippen MR) is 133 cm³/mol. The van der Waals surface area contributed by atoms with E-state index in [1.165, 1.54) is 30.3 Å². The predicted octanol–water partition coefficient (Wildman–Crippen LogP) is 5.24. The second kappa shape index (κ2) is 10.2. The van der Waals surface area contributed by atoms with E-state index in [4.69, 9.17) is 16.3 Å².